The van der Waals surface area contributed by atoms with Crippen LogP contribution in [0.15, 0.2) is 6.20 Å². The molecule has 0 aromatic carbocycles. The van der Waals surface area contributed by atoms with Crippen molar-refractivity contribution in [3.63, 3.8) is 0 Å². The van der Waals surface area contributed by atoms with Gasteiger partial charge in [0.05, 0.1) is 6.17 Å². The van der Waals surface area contributed by atoms with E-state index >= 15 is 0 Å². The molecule has 2 N–H and O–H groups in total. The van der Waals surface area contributed by atoms with E-state index in [1.165, 1.54) is 43.9 Å². The van der Waals surface area contributed by atoms with Gasteiger partial charge in [0.2, 0.25) is 0 Å². The molecule has 4 nitrogen and oxygen atoms in total. The molecule has 1 aromatic rings. The number of rotatable bonds is 3. The minimum absolute atomic E-state index is 0.159. The molecule has 3 rings (SSSR count). The number of aryl methyl sites for hydroxylation is 1. The molecule has 20 heavy (non-hydrogen) atoms. The van der Waals surface area contributed by atoms with Crippen LogP contribution in [0.4, 0.5) is 0 Å². The largest absolute Gasteiger partial charge is 0.316 e. The average molecular weight is 276 g/mol. The number of nitrogens with zero attached hydrogens (tertiary/aromatic N) is 3. The van der Waals surface area contributed by atoms with Gasteiger partial charge in [-0.3, -0.25) is 0 Å². The molecule has 112 valence electrons. The molecule has 0 radical (unpaired) electrons. The van der Waals surface area contributed by atoms with Crippen molar-refractivity contribution in [3.8, 4) is 0 Å². The van der Waals surface area contributed by atoms with Gasteiger partial charge in [0.15, 0.2) is 0 Å². The molecule has 0 saturated carbocycles. The van der Waals surface area contributed by atoms with Crippen LogP contribution in [-0.2, 0) is 12.8 Å². The van der Waals surface area contributed by atoms with Crippen LogP contribution in [0.2, 0.25) is 0 Å². The van der Waals surface area contributed by atoms with Crippen LogP contribution in [0.25, 0.3) is 0 Å². The smallest absolute Gasteiger partial charge is 0.110 e. The van der Waals surface area contributed by atoms with E-state index in [1.807, 2.05) is 0 Å². The number of imidazole rings is 1. The third-order valence-electron chi connectivity index (χ3n) is 5.07. The summed E-state index contributed by atoms with van der Waals surface area (Å²) in [5, 5.41) is 0. The van der Waals surface area contributed by atoms with E-state index in [-0.39, 0.29) is 6.17 Å². The van der Waals surface area contributed by atoms with Crippen molar-refractivity contribution >= 4 is 0 Å². The van der Waals surface area contributed by atoms with E-state index in [9.17, 15) is 0 Å². The van der Waals surface area contributed by atoms with Crippen LogP contribution >= 0.6 is 0 Å². The van der Waals surface area contributed by atoms with Gasteiger partial charge in [-0.15, -0.1) is 0 Å². The number of hydrogen-bond acceptors (Lipinski definition) is 3. The molecule has 0 spiro atoms. The van der Waals surface area contributed by atoms with E-state index in [0.717, 1.165) is 25.2 Å². The van der Waals surface area contributed by atoms with Crippen molar-refractivity contribution in [3.05, 3.63) is 17.7 Å². The summed E-state index contributed by atoms with van der Waals surface area (Å²) >= 11 is 0. The standard InChI is InChI=1S/C16H28N4/c1-12(2)19-8-6-13(7-9-19)10-16-18-11-14-4-3-5-15(17)20(14)16/h11-13,15H,3-10,17H2,1-2H3. The highest BCUT2D eigenvalue weighted by molar-refractivity contribution is 5.10. The third kappa shape index (κ3) is 2.77. The van der Waals surface area contributed by atoms with Crippen molar-refractivity contribution in [2.45, 2.75) is 64.6 Å². The Morgan fingerprint density at radius 1 is 1.30 bits per heavy atom. The summed E-state index contributed by atoms with van der Waals surface area (Å²) in [6.07, 6.45) is 9.38. The molecule has 1 fully saturated rings. The summed E-state index contributed by atoms with van der Waals surface area (Å²) in [6.45, 7) is 7.07. The molecule has 0 aliphatic carbocycles. The first kappa shape index (κ1) is 14.1. The molecule has 1 aromatic heterocycles. The van der Waals surface area contributed by atoms with Crippen molar-refractivity contribution in [1.29, 1.82) is 0 Å². The predicted octanol–water partition coefficient (Wildman–Crippen LogP) is 2.34. The first-order valence-electron chi connectivity index (χ1n) is 8.19. The maximum atomic E-state index is 6.27. The van der Waals surface area contributed by atoms with E-state index in [0.29, 0.717) is 6.04 Å². The summed E-state index contributed by atoms with van der Waals surface area (Å²) in [4.78, 5) is 7.25. The number of piperidine rings is 1. The molecule has 1 saturated heterocycles. The first-order valence-corrected chi connectivity index (χ1v) is 8.19. The first-order chi connectivity index (χ1) is 9.65. The van der Waals surface area contributed by atoms with Gasteiger partial charge < -0.3 is 15.2 Å². The molecule has 0 bridgehead atoms. The Balaban J connectivity index is 1.63. The van der Waals surface area contributed by atoms with Crippen LogP contribution < -0.4 is 5.73 Å². The Morgan fingerprint density at radius 3 is 2.75 bits per heavy atom. The van der Waals surface area contributed by atoms with Gasteiger partial charge in [-0.1, -0.05) is 0 Å². The number of fused-ring (bicyclic) bond motifs is 1. The fourth-order valence-corrected chi connectivity index (χ4v) is 3.73. The summed E-state index contributed by atoms with van der Waals surface area (Å²) < 4.78 is 2.32. The predicted molar refractivity (Wildman–Crippen MR) is 81.5 cm³/mol. The van der Waals surface area contributed by atoms with Gasteiger partial charge in [0.25, 0.3) is 0 Å². The quantitative estimate of drug-likeness (QED) is 0.922. The summed E-state index contributed by atoms with van der Waals surface area (Å²) in [5.74, 6) is 2.01. The van der Waals surface area contributed by atoms with Gasteiger partial charge in [-0.25, -0.2) is 4.98 Å². The van der Waals surface area contributed by atoms with Crippen LogP contribution in [0, 0.1) is 5.92 Å². The van der Waals surface area contributed by atoms with Gasteiger partial charge in [-0.05, 0) is 65.0 Å². The molecule has 0 amide bonds. The van der Waals surface area contributed by atoms with Gasteiger partial charge in [-0.2, -0.15) is 0 Å². The van der Waals surface area contributed by atoms with Gasteiger partial charge >= 0.3 is 0 Å². The van der Waals surface area contributed by atoms with Crippen LogP contribution in [0.1, 0.15) is 57.2 Å². The zero-order valence-electron chi connectivity index (χ0n) is 12.9. The van der Waals surface area contributed by atoms with Gasteiger partial charge in [0, 0.05) is 24.4 Å². The van der Waals surface area contributed by atoms with Gasteiger partial charge in [0.1, 0.15) is 5.82 Å². The van der Waals surface area contributed by atoms with Crippen molar-refractivity contribution in [2.24, 2.45) is 11.7 Å². The number of hydrogen-bond donors (Lipinski definition) is 1. The minimum Gasteiger partial charge on any atom is -0.316 e. The second-order valence-corrected chi connectivity index (χ2v) is 6.77. The monoisotopic (exact) mass is 276 g/mol. The molecular formula is C16H28N4. The number of likely N-dealkylation sites (tertiary alicyclic amines) is 1. The zero-order chi connectivity index (χ0) is 14.1. The Hall–Kier alpha value is -0.870. The zero-order valence-corrected chi connectivity index (χ0v) is 12.9. The SMILES string of the molecule is CC(C)N1CCC(Cc2ncc3n2C(N)CCC3)CC1. The Morgan fingerprint density at radius 2 is 2.05 bits per heavy atom. The Labute approximate surface area is 122 Å². The van der Waals surface area contributed by atoms with Crippen LogP contribution in [0.5, 0.6) is 0 Å². The Bertz CT molecular complexity index is 443. The second kappa shape index (κ2) is 5.86. The number of aromatic nitrogens is 2. The lowest BCUT2D eigenvalue weighted by molar-refractivity contribution is 0.147. The average Bonchev–Trinajstić information content (AvgIpc) is 2.84. The highest BCUT2D eigenvalue weighted by atomic mass is 15.2. The van der Waals surface area contributed by atoms with E-state index < -0.39 is 0 Å². The van der Waals surface area contributed by atoms with Crippen LogP contribution in [0.3, 0.4) is 0 Å². The minimum atomic E-state index is 0.159. The summed E-state index contributed by atoms with van der Waals surface area (Å²) in [5.41, 5.74) is 7.62. The number of nitrogens with two attached hydrogens (primary N) is 1. The normalized spacial score (nSPS) is 25.1. The summed E-state index contributed by atoms with van der Waals surface area (Å²) in [6, 6.07) is 0.684. The third-order valence-corrected chi connectivity index (χ3v) is 5.07. The highest BCUT2D eigenvalue weighted by Crippen LogP contribution is 2.27. The maximum Gasteiger partial charge on any atom is 0.110 e. The van der Waals surface area contributed by atoms with E-state index in [1.54, 1.807) is 0 Å². The fourth-order valence-electron chi connectivity index (χ4n) is 3.73. The lowest BCUT2D eigenvalue weighted by Gasteiger charge is -2.35. The van der Waals surface area contributed by atoms with E-state index in [4.69, 9.17) is 5.73 Å². The lowest BCUT2D eigenvalue weighted by Crippen LogP contribution is -2.39. The lowest BCUT2D eigenvalue weighted by atomic mass is 9.92. The fraction of sp³-hybridized carbons (Fsp3) is 0.812. The van der Waals surface area contributed by atoms with Crippen molar-refractivity contribution in [2.75, 3.05) is 13.1 Å². The van der Waals surface area contributed by atoms with E-state index in [2.05, 4.69) is 34.5 Å². The molecular weight excluding hydrogens is 248 g/mol. The molecule has 1 unspecified atom stereocenters. The molecule has 3 heterocycles. The van der Waals surface area contributed by atoms with Crippen molar-refractivity contribution < 1.29 is 0 Å². The second-order valence-electron chi connectivity index (χ2n) is 6.77. The molecule has 4 heteroatoms. The van der Waals surface area contributed by atoms with Crippen molar-refractivity contribution in [1.82, 2.24) is 14.5 Å². The highest BCUT2D eigenvalue weighted by Gasteiger charge is 2.25. The maximum absolute atomic E-state index is 6.27. The summed E-state index contributed by atoms with van der Waals surface area (Å²) in [7, 11) is 0. The molecule has 2 aliphatic heterocycles. The molecule has 1 atom stereocenters. The molecule has 2 aliphatic rings. The Kier molecular flexibility index (Phi) is 4.13. The topological polar surface area (TPSA) is 47.1 Å². The van der Waals surface area contributed by atoms with Crippen LogP contribution in [-0.4, -0.2) is 33.6 Å².